The molecule has 0 amide bonds. The minimum Gasteiger partial charge on any atom is -0.495 e. The molecule has 1 aliphatic carbocycles. The lowest BCUT2D eigenvalue weighted by atomic mass is 10.2. The monoisotopic (exact) mass is 414 g/mol. The van der Waals surface area contributed by atoms with Gasteiger partial charge in [-0.25, -0.2) is 4.68 Å². The first-order chi connectivity index (χ1) is 14.0. The summed E-state index contributed by atoms with van der Waals surface area (Å²) in [6, 6.07) is 5.55. The molecule has 1 saturated carbocycles. The molecule has 1 fully saturated rings. The van der Waals surface area contributed by atoms with Crippen LogP contribution in [0.15, 0.2) is 29.2 Å². The molecule has 0 aliphatic heterocycles. The molecule has 2 atom stereocenters. The lowest BCUT2D eigenvalue weighted by Crippen LogP contribution is -2.24. The zero-order chi connectivity index (χ0) is 20.4. The lowest BCUT2D eigenvalue weighted by molar-refractivity contribution is 0.278. The molecular formula is C19H22N6O3S. The number of anilines is 1. The van der Waals surface area contributed by atoms with Crippen LogP contribution in [0.2, 0.25) is 0 Å². The van der Waals surface area contributed by atoms with Gasteiger partial charge in [-0.15, -0.1) is 15.3 Å². The van der Waals surface area contributed by atoms with Crippen molar-refractivity contribution in [1.82, 2.24) is 25.0 Å². The Morgan fingerprint density at radius 3 is 2.90 bits per heavy atom. The highest BCUT2D eigenvalue weighted by atomic mass is 32.1. The van der Waals surface area contributed by atoms with Gasteiger partial charge in [0, 0.05) is 30.6 Å². The van der Waals surface area contributed by atoms with E-state index in [1.54, 1.807) is 26.4 Å². The van der Waals surface area contributed by atoms with Crippen LogP contribution in [0.1, 0.15) is 28.0 Å². The maximum Gasteiger partial charge on any atom is 0.290 e. The zero-order valence-corrected chi connectivity index (χ0v) is 17.3. The maximum absolute atomic E-state index is 12.3. The first kappa shape index (κ1) is 19.3. The molecule has 0 aromatic carbocycles. The van der Waals surface area contributed by atoms with Crippen LogP contribution in [0, 0.1) is 12.8 Å². The van der Waals surface area contributed by atoms with Gasteiger partial charge in [0.1, 0.15) is 21.5 Å². The Balaban J connectivity index is 1.36. The fourth-order valence-corrected chi connectivity index (χ4v) is 3.73. The van der Waals surface area contributed by atoms with E-state index in [1.807, 2.05) is 19.1 Å². The number of nitrogens with zero attached hydrogens (tertiary/aromatic N) is 5. The van der Waals surface area contributed by atoms with Gasteiger partial charge in [0.25, 0.3) is 5.56 Å². The Morgan fingerprint density at radius 2 is 2.21 bits per heavy atom. The molecule has 3 aromatic heterocycles. The van der Waals surface area contributed by atoms with Crippen molar-refractivity contribution < 1.29 is 9.47 Å². The van der Waals surface area contributed by atoms with Crippen molar-refractivity contribution in [2.45, 2.75) is 25.8 Å². The average Bonchev–Trinajstić information content (AvgIpc) is 3.39. The van der Waals surface area contributed by atoms with Crippen molar-refractivity contribution >= 4 is 17.0 Å². The summed E-state index contributed by atoms with van der Waals surface area (Å²) in [5, 5.41) is 17.0. The minimum absolute atomic E-state index is 0.217. The normalized spacial score (nSPS) is 17.8. The molecule has 1 aliphatic rings. The van der Waals surface area contributed by atoms with Crippen molar-refractivity contribution in [3.63, 3.8) is 0 Å². The largest absolute Gasteiger partial charge is 0.495 e. The Morgan fingerprint density at radius 1 is 1.34 bits per heavy atom. The maximum atomic E-state index is 12.3. The van der Waals surface area contributed by atoms with Crippen LogP contribution in [0.5, 0.6) is 11.6 Å². The standard InChI is InChI=1S/C19H22N6O3S/c1-11-22-23-18(29-11)9-21-16-7-17(24-25(2)19(16)26)28-10-12-6-14(12)15-5-4-13(27-3)8-20-15/h4-5,7-8,12,14,21H,6,9-10H2,1-3H3. The lowest BCUT2D eigenvalue weighted by Gasteiger charge is -2.10. The highest BCUT2D eigenvalue weighted by Crippen LogP contribution is 2.46. The van der Waals surface area contributed by atoms with Crippen LogP contribution in [0.25, 0.3) is 0 Å². The Bertz CT molecular complexity index is 1050. The second kappa shape index (κ2) is 8.16. The van der Waals surface area contributed by atoms with Crippen LogP contribution < -0.4 is 20.3 Å². The second-order valence-electron chi connectivity index (χ2n) is 6.93. The van der Waals surface area contributed by atoms with Gasteiger partial charge in [-0.2, -0.15) is 0 Å². The molecule has 0 radical (unpaired) electrons. The Labute approximate surface area is 171 Å². The fraction of sp³-hybridized carbons (Fsp3) is 0.421. The van der Waals surface area contributed by atoms with Crippen molar-refractivity contribution in [1.29, 1.82) is 0 Å². The number of methoxy groups -OCH3 is 1. The smallest absolute Gasteiger partial charge is 0.290 e. The summed E-state index contributed by atoms with van der Waals surface area (Å²) >= 11 is 1.49. The number of nitrogens with one attached hydrogen (secondary N) is 1. The third-order valence-electron chi connectivity index (χ3n) is 4.78. The van der Waals surface area contributed by atoms with Crippen LogP contribution in [-0.2, 0) is 13.6 Å². The van der Waals surface area contributed by atoms with Gasteiger partial charge in [-0.05, 0) is 25.5 Å². The summed E-state index contributed by atoms with van der Waals surface area (Å²) in [7, 11) is 3.24. The predicted octanol–water partition coefficient (Wildman–Crippen LogP) is 2.14. The molecule has 1 N–H and O–H groups in total. The Kier molecular flexibility index (Phi) is 5.43. The quantitative estimate of drug-likeness (QED) is 0.598. The molecule has 9 nitrogen and oxygen atoms in total. The van der Waals surface area contributed by atoms with E-state index in [1.165, 1.54) is 16.0 Å². The van der Waals surface area contributed by atoms with E-state index in [4.69, 9.17) is 9.47 Å². The summed E-state index contributed by atoms with van der Waals surface area (Å²) in [5.74, 6) is 1.93. The molecule has 3 heterocycles. The zero-order valence-electron chi connectivity index (χ0n) is 16.5. The van der Waals surface area contributed by atoms with Gasteiger partial charge in [0.15, 0.2) is 0 Å². The molecule has 3 aromatic rings. The van der Waals surface area contributed by atoms with E-state index >= 15 is 0 Å². The SMILES string of the molecule is COc1ccc(C2CC2COc2cc(NCc3nnc(C)s3)c(=O)n(C)n2)nc1. The van der Waals surface area contributed by atoms with Crippen molar-refractivity contribution in [2.24, 2.45) is 13.0 Å². The highest BCUT2D eigenvalue weighted by molar-refractivity contribution is 7.11. The first-order valence-electron chi connectivity index (χ1n) is 9.27. The second-order valence-corrected chi connectivity index (χ2v) is 8.20. The summed E-state index contributed by atoms with van der Waals surface area (Å²) < 4.78 is 12.3. The van der Waals surface area contributed by atoms with Crippen molar-refractivity contribution in [3.8, 4) is 11.6 Å². The molecule has 0 saturated heterocycles. The molecule has 29 heavy (non-hydrogen) atoms. The summed E-state index contributed by atoms with van der Waals surface area (Å²) in [6.45, 7) is 2.85. The van der Waals surface area contributed by atoms with E-state index in [0.717, 1.165) is 27.9 Å². The molecule has 0 spiro atoms. The molecular weight excluding hydrogens is 392 g/mol. The van der Waals surface area contributed by atoms with Gasteiger partial charge in [-0.3, -0.25) is 9.78 Å². The van der Waals surface area contributed by atoms with Crippen molar-refractivity contribution in [3.05, 3.63) is 50.5 Å². The van der Waals surface area contributed by atoms with Crippen LogP contribution in [0.4, 0.5) is 5.69 Å². The minimum atomic E-state index is -0.217. The predicted molar refractivity (Wildman–Crippen MR) is 109 cm³/mol. The number of hydrogen-bond donors (Lipinski definition) is 1. The van der Waals surface area contributed by atoms with E-state index < -0.39 is 0 Å². The third-order valence-corrected chi connectivity index (χ3v) is 5.62. The number of pyridine rings is 1. The van der Waals surface area contributed by atoms with Gasteiger partial charge >= 0.3 is 0 Å². The summed E-state index contributed by atoms with van der Waals surface area (Å²) in [6.07, 6.45) is 2.75. The molecule has 10 heteroatoms. The topological polar surface area (TPSA) is 104 Å². The van der Waals surface area contributed by atoms with Gasteiger partial charge in [-0.1, -0.05) is 11.3 Å². The van der Waals surface area contributed by atoms with E-state index in [9.17, 15) is 4.79 Å². The summed E-state index contributed by atoms with van der Waals surface area (Å²) in [4.78, 5) is 16.8. The van der Waals surface area contributed by atoms with E-state index in [-0.39, 0.29) is 5.56 Å². The Hall–Kier alpha value is -3.01. The molecule has 0 bridgehead atoms. The highest BCUT2D eigenvalue weighted by Gasteiger charge is 2.40. The van der Waals surface area contributed by atoms with Gasteiger partial charge in [0.05, 0.1) is 26.5 Å². The number of hydrogen-bond acceptors (Lipinski definition) is 9. The van der Waals surface area contributed by atoms with Crippen LogP contribution in [-0.4, -0.2) is 38.7 Å². The van der Waals surface area contributed by atoms with Crippen LogP contribution in [0.3, 0.4) is 0 Å². The molecule has 2 unspecified atom stereocenters. The number of ether oxygens (including phenoxy) is 2. The van der Waals surface area contributed by atoms with Crippen LogP contribution >= 0.6 is 11.3 Å². The number of aromatic nitrogens is 5. The van der Waals surface area contributed by atoms with Gasteiger partial charge < -0.3 is 14.8 Å². The van der Waals surface area contributed by atoms with E-state index in [2.05, 4.69) is 25.6 Å². The average molecular weight is 414 g/mol. The number of aryl methyl sites for hydroxylation is 2. The molecule has 152 valence electrons. The summed E-state index contributed by atoms with van der Waals surface area (Å²) in [5.41, 5.74) is 1.25. The first-order valence-corrected chi connectivity index (χ1v) is 10.1. The number of rotatable bonds is 8. The van der Waals surface area contributed by atoms with Gasteiger partial charge in [0.2, 0.25) is 5.88 Å². The molecule has 4 rings (SSSR count). The third kappa shape index (κ3) is 4.53. The fourth-order valence-electron chi connectivity index (χ4n) is 3.08. The van der Waals surface area contributed by atoms with E-state index in [0.29, 0.717) is 36.6 Å². The van der Waals surface area contributed by atoms with Crippen molar-refractivity contribution in [2.75, 3.05) is 19.0 Å².